The van der Waals surface area contributed by atoms with Gasteiger partial charge in [0.25, 0.3) is 0 Å². The van der Waals surface area contributed by atoms with E-state index in [-0.39, 0.29) is 44.5 Å². The van der Waals surface area contributed by atoms with Gasteiger partial charge in [0.2, 0.25) is 5.91 Å². The summed E-state index contributed by atoms with van der Waals surface area (Å²) < 4.78 is 5.60. The highest BCUT2D eigenvalue weighted by Crippen LogP contribution is 2.45. The number of likely N-dealkylation sites (tertiary alicyclic amines) is 1. The van der Waals surface area contributed by atoms with Crippen LogP contribution in [0.15, 0.2) is 48.5 Å². The molecule has 2 aliphatic carbocycles. The van der Waals surface area contributed by atoms with Crippen molar-refractivity contribution in [1.29, 1.82) is 0 Å². The van der Waals surface area contributed by atoms with Gasteiger partial charge in [0.1, 0.15) is 6.61 Å². The molecule has 2 fully saturated rings. The van der Waals surface area contributed by atoms with Gasteiger partial charge in [-0.15, -0.1) is 0 Å². The van der Waals surface area contributed by atoms with Crippen molar-refractivity contribution in [2.24, 2.45) is 11.3 Å². The number of carbonyl (C=O) groups excluding carboxylic acids is 2. The van der Waals surface area contributed by atoms with Crippen molar-refractivity contribution in [2.45, 2.75) is 37.7 Å². The lowest BCUT2D eigenvalue weighted by Gasteiger charge is -2.45. The van der Waals surface area contributed by atoms with Crippen LogP contribution in [-0.2, 0) is 14.3 Å². The zero-order valence-electron chi connectivity index (χ0n) is 19.5. The van der Waals surface area contributed by atoms with Gasteiger partial charge in [0, 0.05) is 25.6 Å². The van der Waals surface area contributed by atoms with Crippen LogP contribution in [0.25, 0.3) is 11.1 Å². The summed E-state index contributed by atoms with van der Waals surface area (Å²) in [7, 11) is 0. The van der Waals surface area contributed by atoms with E-state index in [1.807, 2.05) is 24.3 Å². The van der Waals surface area contributed by atoms with Gasteiger partial charge in [-0.1, -0.05) is 55.0 Å². The van der Waals surface area contributed by atoms with Crippen molar-refractivity contribution < 1.29 is 29.3 Å². The Morgan fingerprint density at radius 2 is 1.63 bits per heavy atom. The number of carbonyl (C=O) groups is 3. The maximum Gasteiger partial charge on any atom is 0.407 e. The van der Waals surface area contributed by atoms with Gasteiger partial charge >= 0.3 is 12.1 Å². The lowest BCUT2D eigenvalue weighted by Crippen LogP contribution is -2.58. The molecule has 0 radical (unpaired) electrons. The molecule has 5 rings (SSSR count). The molecule has 8 heteroatoms. The van der Waals surface area contributed by atoms with Crippen molar-refractivity contribution in [1.82, 2.24) is 10.2 Å². The number of rotatable bonds is 6. The predicted molar refractivity (Wildman–Crippen MR) is 128 cm³/mol. The number of β-amino-alcohol motifs (C(OH)–C–C–N with tert-alkyl or cyclic N) is 1. The summed E-state index contributed by atoms with van der Waals surface area (Å²) in [6.07, 6.45) is 0.787. The number of piperidine rings is 1. The number of alkyl carbamates (subject to hydrolysis) is 1. The van der Waals surface area contributed by atoms with Crippen LogP contribution in [-0.4, -0.2) is 65.4 Å². The van der Waals surface area contributed by atoms with E-state index >= 15 is 0 Å². The van der Waals surface area contributed by atoms with E-state index in [0.717, 1.165) is 28.7 Å². The van der Waals surface area contributed by atoms with Gasteiger partial charge in [0.15, 0.2) is 0 Å². The predicted octanol–water partition coefficient (Wildman–Crippen LogP) is 2.99. The molecule has 3 aliphatic rings. The lowest BCUT2D eigenvalue weighted by molar-refractivity contribution is -0.156. The average molecular weight is 479 g/mol. The Kier molecular flexibility index (Phi) is 6.23. The number of carboxylic acids is 1. The second-order valence-electron chi connectivity index (χ2n) is 9.95. The van der Waals surface area contributed by atoms with E-state index in [1.54, 1.807) is 0 Å². The number of carboxylic acid groups (broad SMARTS) is 1. The smallest absolute Gasteiger partial charge is 0.407 e. The summed E-state index contributed by atoms with van der Waals surface area (Å²) in [5.41, 5.74) is 3.79. The summed E-state index contributed by atoms with van der Waals surface area (Å²) in [6, 6.07) is 16.2. The highest BCUT2D eigenvalue weighted by molar-refractivity contribution is 5.85. The molecule has 1 saturated carbocycles. The Morgan fingerprint density at radius 3 is 2.20 bits per heavy atom. The number of hydrogen-bond donors (Lipinski definition) is 3. The van der Waals surface area contributed by atoms with E-state index < -0.39 is 29.5 Å². The fourth-order valence-corrected chi connectivity index (χ4v) is 5.71. The molecular formula is C27H30N2O6. The highest BCUT2D eigenvalue weighted by Gasteiger charge is 2.48. The van der Waals surface area contributed by atoms with Crippen LogP contribution in [0.1, 0.15) is 42.7 Å². The first kappa shape index (κ1) is 23.4. The monoisotopic (exact) mass is 478 g/mol. The molecule has 2 aromatic rings. The first-order valence-electron chi connectivity index (χ1n) is 12.2. The molecule has 0 bridgehead atoms. The van der Waals surface area contributed by atoms with E-state index in [1.165, 1.54) is 4.90 Å². The van der Waals surface area contributed by atoms with Gasteiger partial charge in [0.05, 0.1) is 17.4 Å². The van der Waals surface area contributed by atoms with E-state index in [4.69, 9.17) is 4.74 Å². The molecule has 2 atom stereocenters. The minimum absolute atomic E-state index is 0.0461. The van der Waals surface area contributed by atoms with Crippen LogP contribution in [0.3, 0.4) is 0 Å². The van der Waals surface area contributed by atoms with Crippen LogP contribution < -0.4 is 5.32 Å². The normalized spacial score (nSPS) is 22.5. The third-order valence-electron chi connectivity index (χ3n) is 7.74. The van der Waals surface area contributed by atoms with Crippen LogP contribution >= 0.6 is 0 Å². The lowest BCUT2D eigenvalue weighted by atomic mass is 9.67. The van der Waals surface area contributed by atoms with Gasteiger partial charge < -0.3 is 25.2 Å². The van der Waals surface area contributed by atoms with Crippen molar-refractivity contribution >= 4 is 18.0 Å². The SMILES string of the molecule is O=C(NCC1(C(=O)N2CC(O)CC(C(=O)O)C2)CCC1)OCC1c2ccccc2-c2ccccc21. The Hall–Kier alpha value is -3.39. The number of ether oxygens (including phenoxy) is 1. The quantitative estimate of drug-likeness (QED) is 0.588. The summed E-state index contributed by atoms with van der Waals surface area (Å²) in [5.74, 6) is -2.04. The van der Waals surface area contributed by atoms with Crippen LogP contribution in [0, 0.1) is 11.3 Å². The number of nitrogens with one attached hydrogen (secondary N) is 1. The first-order chi connectivity index (χ1) is 16.9. The third-order valence-corrected chi connectivity index (χ3v) is 7.74. The minimum Gasteiger partial charge on any atom is -0.481 e. The second-order valence-corrected chi connectivity index (χ2v) is 9.95. The second kappa shape index (κ2) is 9.34. The van der Waals surface area contributed by atoms with Crippen LogP contribution in [0.4, 0.5) is 4.79 Å². The Bertz CT molecular complexity index is 1100. The summed E-state index contributed by atoms with van der Waals surface area (Å²) in [6.45, 7) is 0.527. The molecule has 1 saturated heterocycles. The minimum atomic E-state index is -1.01. The largest absolute Gasteiger partial charge is 0.481 e. The van der Waals surface area contributed by atoms with Gasteiger partial charge in [-0.2, -0.15) is 0 Å². The number of nitrogens with zero attached hydrogens (tertiary/aromatic N) is 1. The Balaban J connectivity index is 1.20. The molecule has 0 aromatic heterocycles. The number of fused-ring (bicyclic) bond motifs is 3. The number of aliphatic carboxylic acids is 1. The van der Waals surface area contributed by atoms with Crippen molar-refractivity contribution in [3.63, 3.8) is 0 Å². The van der Waals surface area contributed by atoms with Gasteiger partial charge in [-0.25, -0.2) is 4.79 Å². The number of benzene rings is 2. The van der Waals surface area contributed by atoms with E-state index in [2.05, 4.69) is 29.6 Å². The van der Waals surface area contributed by atoms with E-state index in [0.29, 0.717) is 12.8 Å². The van der Waals surface area contributed by atoms with Gasteiger partial charge in [-0.3, -0.25) is 9.59 Å². The summed E-state index contributed by atoms with van der Waals surface area (Å²) in [5, 5.41) is 22.2. The molecule has 1 heterocycles. The van der Waals surface area contributed by atoms with Crippen molar-refractivity contribution in [3.8, 4) is 11.1 Å². The fourth-order valence-electron chi connectivity index (χ4n) is 5.71. The van der Waals surface area contributed by atoms with Crippen molar-refractivity contribution in [3.05, 3.63) is 59.7 Å². The Labute approximate surface area is 203 Å². The topological polar surface area (TPSA) is 116 Å². The standard InChI is InChI=1S/C27H30N2O6/c30-18-12-17(24(31)32)13-29(14-18)25(33)27(10-5-11-27)16-28-26(34)35-15-23-21-8-3-1-6-19(21)20-7-2-4-9-22(20)23/h1-4,6-9,17-18,23,30H,5,10-16H2,(H,28,34)(H,31,32). The molecule has 2 aromatic carbocycles. The van der Waals surface area contributed by atoms with Gasteiger partial charge in [-0.05, 0) is 41.5 Å². The molecule has 2 amide bonds. The molecule has 184 valence electrons. The summed E-state index contributed by atoms with van der Waals surface area (Å²) >= 11 is 0. The number of hydrogen-bond acceptors (Lipinski definition) is 5. The highest BCUT2D eigenvalue weighted by atomic mass is 16.5. The van der Waals surface area contributed by atoms with Crippen LogP contribution in [0.2, 0.25) is 0 Å². The zero-order valence-corrected chi connectivity index (χ0v) is 19.5. The molecule has 3 N–H and O–H groups in total. The number of aliphatic hydroxyl groups is 1. The van der Waals surface area contributed by atoms with Crippen molar-refractivity contribution in [2.75, 3.05) is 26.2 Å². The van der Waals surface area contributed by atoms with Crippen LogP contribution in [0.5, 0.6) is 0 Å². The molecule has 1 aliphatic heterocycles. The molecule has 8 nitrogen and oxygen atoms in total. The summed E-state index contributed by atoms with van der Waals surface area (Å²) in [4.78, 5) is 38.8. The first-order valence-corrected chi connectivity index (χ1v) is 12.2. The molecular weight excluding hydrogens is 448 g/mol. The average Bonchev–Trinajstić information content (AvgIpc) is 3.15. The molecule has 2 unspecified atom stereocenters. The molecule has 0 spiro atoms. The number of aliphatic hydroxyl groups excluding tert-OH is 1. The van der Waals surface area contributed by atoms with E-state index in [9.17, 15) is 24.6 Å². The fraction of sp³-hybridized carbons (Fsp3) is 0.444. The zero-order chi connectivity index (χ0) is 24.6. The maximum absolute atomic E-state index is 13.3. The number of amides is 2. The third kappa shape index (κ3) is 4.38. The maximum atomic E-state index is 13.3. The molecule has 35 heavy (non-hydrogen) atoms. The Morgan fingerprint density at radius 1 is 1.00 bits per heavy atom.